The lowest BCUT2D eigenvalue weighted by Gasteiger charge is -2.12. The summed E-state index contributed by atoms with van der Waals surface area (Å²) in [4.78, 5) is 23.3. The van der Waals surface area contributed by atoms with E-state index in [0.29, 0.717) is 24.3 Å². The summed E-state index contributed by atoms with van der Waals surface area (Å²) in [6, 6.07) is 16.8. The van der Waals surface area contributed by atoms with Gasteiger partial charge in [0.25, 0.3) is 5.91 Å². The molecule has 2 aromatic rings. The number of esters is 1. The molecule has 5 nitrogen and oxygen atoms in total. The molecule has 0 aliphatic carbocycles. The summed E-state index contributed by atoms with van der Waals surface area (Å²) in [5, 5.41) is 2.72. The van der Waals surface area contributed by atoms with Crippen LogP contribution in [0.2, 0.25) is 0 Å². The monoisotopic (exact) mass is 327 g/mol. The van der Waals surface area contributed by atoms with E-state index >= 15 is 0 Å². The van der Waals surface area contributed by atoms with E-state index in [4.69, 9.17) is 9.47 Å². The van der Waals surface area contributed by atoms with Crippen molar-refractivity contribution in [3.05, 3.63) is 65.7 Å². The molecule has 0 radical (unpaired) electrons. The van der Waals surface area contributed by atoms with Crippen LogP contribution >= 0.6 is 0 Å². The van der Waals surface area contributed by atoms with Gasteiger partial charge in [0.2, 0.25) is 0 Å². The molecule has 0 aliphatic rings. The molecule has 126 valence electrons. The van der Waals surface area contributed by atoms with Gasteiger partial charge in [0.15, 0.2) is 0 Å². The third-order valence-electron chi connectivity index (χ3n) is 3.31. The second-order valence-electron chi connectivity index (χ2n) is 5.10. The predicted molar refractivity (Wildman–Crippen MR) is 90.8 cm³/mol. The molecule has 0 bridgehead atoms. The molecule has 5 heteroatoms. The zero-order chi connectivity index (χ0) is 17.2. The molecule has 2 rings (SSSR count). The summed E-state index contributed by atoms with van der Waals surface area (Å²) < 4.78 is 10.7. The number of amides is 1. The van der Waals surface area contributed by atoms with Crippen molar-refractivity contribution in [2.24, 2.45) is 0 Å². The molecule has 1 amide bonds. The third kappa shape index (κ3) is 5.43. The topological polar surface area (TPSA) is 64.6 Å². The van der Waals surface area contributed by atoms with Crippen molar-refractivity contribution in [2.75, 3.05) is 13.2 Å². The summed E-state index contributed by atoms with van der Waals surface area (Å²) in [6.45, 7) is 2.53. The standard InChI is InChI=1S/C19H21NO4/c1-2-18(21)23-13-12-20-19(22)16-10-6-7-11-17(16)24-14-15-8-4-3-5-9-15/h3-11H,2,12-14H2,1H3,(H,20,22). The summed E-state index contributed by atoms with van der Waals surface area (Å²) >= 11 is 0. The van der Waals surface area contributed by atoms with Crippen LogP contribution in [0.1, 0.15) is 29.3 Å². The van der Waals surface area contributed by atoms with Crippen molar-refractivity contribution in [2.45, 2.75) is 20.0 Å². The van der Waals surface area contributed by atoms with Gasteiger partial charge in [-0.05, 0) is 17.7 Å². The molecule has 24 heavy (non-hydrogen) atoms. The molecule has 0 aliphatic heterocycles. The number of rotatable bonds is 8. The molecular weight excluding hydrogens is 306 g/mol. The highest BCUT2D eigenvalue weighted by molar-refractivity contribution is 5.96. The number of benzene rings is 2. The number of carbonyl (C=O) groups excluding carboxylic acids is 2. The Kier molecular flexibility index (Phi) is 6.83. The van der Waals surface area contributed by atoms with Crippen LogP contribution in [0.4, 0.5) is 0 Å². The van der Waals surface area contributed by atoms with Crippen LogP contribution in [0.3, 0.4) is 0 Å². The molecule has 0 saturated carbocycles. The van der Waals surface area contributed by atoms with E-state index in [0.717, 1.165) is 5.56 Å². The van der Waals surface area contributed by atoms with E-state index in [1.54, 1.807) is 25.1 Å². The average Bonchev–Trinajstić information content (AvgIpc) is 2.64. The molecule has 0 spiro atoms. The van der Waals surface area contributed by atoms with Crippen LogP contribution in [0.15, 0.2) is 54.6 Å². The van der Waals surface area contributed by atoms with Crippen LogP contribution < -0.4 is 10.1 Å². The average molecular weight is 327 g/mol. The smallest absolute Gasteiger partial charge is 0.305 e. The molecule has 0 aromatic heterocycles. The van der Waals surface area contributed by atoms with E-state index in [9.17, 15) is 9.59 Å². The quantitative estimate of drug-likeness (QED) is 0.598. The van der Waals surface area contributed by atoms with Crippen molar-refractivity contribution in [3.8, 4) is 5.75 Å². The first-order valence-corrected chi connectivity index (χ1v) is 7.90. The molecule has 1 N–H and O–H groups in total. The Bertz CT molecular complexity index is 670. The second-order valence-corrected chi connectivity index (χ2v) is 5.10. The lowest BCUT2D eigenvalue weighted by atomic mass is 10.2. The minimum absolute atomic E-state index is 0.158. The van der Waals surface area contributed by atoms with Crippen molar-refractivity contribution >= 4 is 11.9 Å². The molecule has 0 heterocycles. The van der Waals surface area contributed by atoms with Gasteiger partial charge >= 0.3 is 5.97 Å². The molecule has 0 atom stereocenters. The van der Waals surface area contributed by atoms with Gasteiger partial charge in [-0.1, -0.05) is 49.4 Å². The van der Waals surface area contributed by atoms with E-state index in [-0.39, 0.29) is 25.0 Å². The van der Waals surface area contributed by atoms with E-state index in [2.05, 4.69) is 5.32 Å². The zero-order valence-electron chi connectivity index (χ0n) is 13.7. The van der Waals surface area contributed by atoms with Crippen LogP contribution in [-0.2, 0) is 16.1 Å². The first-order chi connectivity index (χ1) is 11.7. The van der Waals surface area contributed by atoms with Crippen LogP contribution in [0, 0.1) is 0 Å². The SMILES string of the molecule is CCC(=O)OCCNC(=O)c1ccccc1OCc1ccccc1. The Hall–Kier alpha value is -2.82. The number of para-hydroxylation sites is 1. The fourth-order valence-corrected chi connectivity index (χ4v) is 2.04. The summed E-state index contributed by atoms with van der Waals surface area (Å²) in [5.41, 5.74) is 1.48. The van der Waals surface area contributed by atoms with Gasteiger partial charge in [-0.15, -0.1) is 0 Å². The highest BCUT2D eigenvalue weighted by Gasteiger charge is 2.12. The Morgan fingerprint density at radius 1 is 1.00 bits per heavy atom. The van der Waals surface area contributed by atoms with E-state index in [1.165, 1.54) is 0 Å². The van der Waals surface area contributed by atoms with Crippen LogP contribution in [0.5, 0.6) is 5.75 Å². The summed E-state index contributed by atoms with van der Waals surface area (Å²) in [6.07, 6.45) is 0.324. The highest BCUT2D eigenvalue weighted by Crippen LogP contribution is 2.19. The van der Waals surface area contributed by atoms with Gasteiger partial charge in [0, 0.05) is 6.42 Å². The van der Waals surface area contributed by atoms with Crippen molar-refractivity contribution in [1.82, 2.24) is 5.32 Å². The normalized spacial score (nSPS) is 10.0. The van der Waals surface area contributed by atoms with Gasteiger partial charge in [-0.3, -0.25) is 9.59 Å². The van der Waals surface area contributed by atoms with Gasteiger partial charge in [0.05, 0.1) is 12.1 Å². The lowest BCUT2D eigenvalue weighted by Crippen LogP contribution is -2.28. The maximum absolute atomic E-state index is 12.3. The third-order valence-corrected chi connectivity index (χ3v) is 3.31. The zero-order valence-corrected chi connectivity index (χ0v) is 13.7. The Balaban J connectivity index is 1.90. The summed E-state index contributed by atoms with van der Waals surface area (Å²) in [5.74, 6) is -0.0218. The van der Waals surface area contributed by atoms with Crippen molar-refractivity contribution in [1.29, 1.82) is 0 Å². The number of carbonyl (C=O) groups is 2. The minimum Gasteiger partial charge on any atom is -0.488 e. The maximum atomic E-state index is 12.3. The van der Waals surface area contributed by atoms with E-state index < -0.39 is 0 Å². The fraction of sp³-hybridized carbons (Fsp3) is 0.263. The van der Waals surface area contributed by atoms with E-state index in [1.807, 2.05) is 36.4 Å². The number of hydrogen-bond acceptors (Lipinski definition) is 4. The molecule has 0 saturated heterocycles. The number of ether oxygens (including phenoxy) is 2. The fourth-order valence-electron chi connectivity index (χ4n) is 2.04. The first-order valence-electron chi connectivity index (χ1n) is 7.90. The summed E-state index contributed by atoms with van der Waals surface area (Å²) in [7, 11) is 0. The largest absolute Gasteiger partial charge is 0.488 e. The Morgan fingerprint density at radius 3 is 2.46 bits per heavy atom. The Morgan fingerprint density at radius 2 is 1.71 bits per heavy atom. The van der Waals surface area contributed by atoms with Crippen LogP contribution in [0.25, 0.3) is 0 Å². The predicted octanol–water partition coefficient (Wildman–Crippen LogP) is 2.95. The van der Waals surface area contributed by atoms with Gasteiger partial charge in [-0.25, -0.2) is 0 Å². The van der Waals surface area contributed by atoms with Crippen LogP contribution in [-0.4, -0.2) is 25.0 Å². The van der Waals surface area contributed by atoms with Gasteiger partial charge < -0.3 is 14.8 Å². The minimum atomic E-state index is -0.282. The van der Waals surface area contributed by atoms with Crippen molar-refractivity contribution < 1.29 is 19.1 Å². The molecular formula is C19H21NO4. The molecule has 0 unspecified atom stereocenters. The highest BCUT2D eigenvalue weighted by atomic mass is 16.5. The number of nitrogens with one attached hydrogen (secondary N) is 1. The Labute approximate surface area is 141 Å². The maximum Gasteiger partial charge on any atom is 0.305 e. The van der Waals surface area contributed by atoms with Crippen molar-refractivity contribution in [3.63, 3.8) is 0 Å². The number of hydrogen-bond donors (Lipinski definition) is 1. The second kappa shape index (κ2) is 9.35. The molecule has 2 aromatic carbocycles. The molecule has 0 fully saturated rings. The van der Waals surface area contributed by atoms with Gasteiger partial charge in [0.1, 0.15) is 19.0 Å². The first kappa shape index (κ1) is 17.5. The van der Waals surface area contributed by atoms with Gasteiger partial charge in [-0.2, -0.15) is 0 Å². The lowest BCUT2D eigenvalue weighted by molar-refractivity contribution is -0.143.